The van der Waals surface area contributed by atoms with E-state index >= 15 is 0 Å². The van der Waals surface area contributed by atoms with Crippen LogP contribution in [0, 0.1) is 11.7 Å². The quantitative estimate of drug-likeness (QED) is 0.639. The number of halogens is 1. The molecule has 1 unspecified atom stereocenters. The summed E-state index contributed by atoms with van der Waals surface area (Å²) in [5.41, 5.74) is 6.20. The number of carbonyl (C=O) groups excluding carboxylic acids is 1. The van der Waals surface area contributed by atoms with Crippen molar-refractivity contribution < 1.29 is 9.18 Å². The molecule has 0 aliphatic heterocycles. The van der Waals surface area contributed by atoms with Crippen LogP contribution in [0.5, 0.6) is 0 Å². The van der Waals surface area contributed by atoms with E-state index in [1.807, 2.05) is 20.8 Å². The van der Waals surface area contributed by atoms with Crippen molar-refractivity contribution in [1.29, 1.82) is 0 Å². The van der Waals surface area contributed by atoms with Gasteiger partial charge >= 0.3 is 0 Å². The Morgan fingerprint density at radius 1 is 1.44 bits per heavy atom. The number of benzene rings is 1. The monoisotopic (exact) mass is 270 g/mol. The zero-order valence-electron chi connectivity index (χ0n) is 10.9. The van der Waals surface area contributed by atoms with Crippen molar-refractivity contribution >= 4 is 23.4 Å². The molecule has 3 N–H and O–H groups in total. The molecule has 1 aromatic carbocycles. The largest absolute Gasteiger partial charge is 0.398 e. The van der Waals surface area contributed by atoms with Gasteiger partial charge in [0, 0.05) is 16.6 Å². The summed E-state index contributed by atoms with van der Waals surface area (Å²) < 4.78 is 13.0. The van der Waals surface area contributed by atoms with Gasteiger partial charge < -0.3 is 11.1 Å². The van der Waals surface area contributed by atoms with Gasteiger partial charge in [-0.2, -0.15) is 0 Å². The van der Waals surface area contributed by atoms with Crippen molar-refractivity contribution in [2.75, 3.05) is 11.5 Å². The van der Waals surface area contributed by atoms with Crippen LogP contribution in [-0.4, -0.2) is 17.7 Å². The molecule has 100 valence electrons. The van der Waals surface area contributed by atoms with Crippen LogP contribution in [0.2, 0.25) is 0 Å². The number of hydrogen-bond donors (Lipinski definition) is 2. The Labute approximate surface area is 111 Å². The minimum atomic E-state index is -0.345. The summed E-state index contributed by atoms with van der Waals surface area (Å²) in [6.45, 7) is 6.05. The van der Waals surface area contributed by atoms with Gasteiger partial charge in [0.15, 0.2) is 0 Å². The molecule has 1 atom stereocenters. The van der Waals surface area contributed by atoms with Gasteiger partial charge in [-0.15, -0.1) is 11.8 Å². The molecule has 1 rings (SSSR count). The maximum absolute atomic E-state index is 13.0. The molecule has 0 bridgehead atoms. The highest BCUT2D eigenvalue weighted by atomic mass is 32.2. The first-order valence-electron chi connectivity index (χ1n) is 5.87. The highest BCUT2D eigenvalue weighted by Crippen LogP contribution is 2.25. The smallest absolute Gasteiger partial charge is 0.230 e. The number of hydrogen-bond acceptors (Lipinski definition) is 3. The number of nitrogen functional groups attached to an aromatic ring is 1. The third-order valence-electron chi connectivity index (χ3n) is 2.72. The average Bonchev–Trinajstić information content (AvgIpc) is 2.30. The number of nitrogens with two attached hydrogens (primary N) is 1. The number of anilines is 1. The average molecular weight is 270 g/mol. The second-order valence-corrected chi connectivity index (χ2v) is 5.59. The van der Waals surface area contributed by atoms with E-state index in [4.69, 9.17) is 5.73 Å². The third-order valence-corrected chi connectivity index (χ3v) is 3.79. The van der Waals surface area contributed by atoms with Crippen LogP contribution in [0.25, 0.3) is 0 Å². The Morgan fingerprint density at radius 3 is 2.72 bits per heavy atom. The van der Waals surface area contributed by atoms with E-state index in [0.717, 1.165) is 0 Å². The summed E-state index contributed by atoms with van der Waals surface area (Å²) in [6, 6.07) is 4.29. The minimum Gasteiger partial charge on any atom is -0.398 e. The van der Waals surface area contributed by atoms with Gasteiger partial charge in [-0.05, 0) is 31.0 Å². The molecular formula is C13H19FN2OS. The Morgan fingerprint density at radius 2 is 2.11 bits per heavy atom. The van der Waals surface area contributed by atoms with Gasteiger partial charge in [-0.1, -0.05) is 13.8 Å². The van der Waals surface area contributed by atoms with Crippen molar-refractivity contribution in [1.82, 2.24) is 5.32 Å². The fourth-order valence-corrected chi connectivity index (χ4v) is 2.04. The zero-order valence-corrected chi connectivity index (χ0v) is 11.7. The van der Waals surface area contributed by atoms with E-state index in [0.29, 0.717) is 16.5 Å². The maximum atomic E-state index is 13.0. The molecule has 0 saturated heterocycles. The zero-order chi connectivity index (χ0) is 13.7. The lowest BCUT2D eigenvalue weighted by Gasteiger charge is -2.17. The summed E-state index contributed by atoms with van der Waals surface area (Å²) in [5.74, 6) is 0.218. The first-order chi connectivity index (χ1) is 8.40. The highest BCUT2D eigenvalue weighted by molar-refractivity contribution is 8.00. The molecule has 1 amide bonds. The third kappa shape index (κ3) is 4.56. The lowest BCUT2D eigenvalue weighted by atomic mass is 10.1. The summed E-state index contributed by atoms with van der Waals surface area (Å²) in [7, 11) is 0. The summed E-state index contributed by atoms with van der Waals surface area (Å²) in [5, 5.41) is 2.89. The van der Waals surface area contributed by atoms with E-state index in [1.165, 1.54) is 30.0 Å². The second kappa shape index (κ2) is 6.64. The van der Waals surface area contributed by atoms with Gasteiger partial charge in [-0.3, -0.25) is 4.79 Å². The van der Waals surface area contributed by atoms with E-state index in [1.54, 1.807) is 0 Å². The van der Waals surface area contributed by atoms with Crippen LogP contribution in [0.4, 0.5) is 10.1 Å². The fraction of sp³-hybridized carbons (Fsp3) is 0.462. The van der Waals surface area contributed by atoms with Crippen LogP contribution in [0.3, 0.4) is 0 Å². The predicted octanol–water partition coefficient (Wildman–Crippen LogP) is 2.66. The summed E-state index contributed by atoms with van der Waals surface area (Å²) >= 11 is 1.25. The van der Waals surface area contributed by atoms with Crippen molar-refractivity contribution in [3.05, 3.63) is 24.0 Å². The second-order valence-electron chi connectivity index (χ2n) is 4.57. The minimum absolute atomic E-state index is 0.0649. The molecule has 3 nitrogen and oxygen atoms in total. The van der Waals surface area contributed by atoms with Crippen LogP contribution in [-0.2, 0) is 4.79 Å². The van der Waals surface area contributed by atoms with Gasteiger partial charge in [-0.25, -0.2) is 4.39 Å². The molecule has 1 aromatic rings. The number of carbonyl (C=O) groups is 1. The fourth-order valence-electron chi connectivity index (χ4n) is 1.24. The van der Waals surface area contributed by atoms with Crippen LogP contribution >= 0.6 is 11.8 Å². The molecule has 0 saturated carbocycles. The molecule has 0 aliphatic rings. The summed E-state index contributed by atoms with van der Waals surface area (Å²) in [4.78, 5) is 12.3. The predicted molar refractivity (Wildman–Crippen MR) is 74.0 cm³/mol. The number of nitrogens with one attached hydrogen (secondary N) is 1. The van der Waals surface area contributed by atoms with Gasteiger partial charge in [0.05, 0.1) is 5.75 Å². The van der Waals surface area contributed by atoms with Gasteiger partial charge in [0.1, 0.15) is 5.82 Å². The molecule has 5 heteroatoms. The first kappa shape index (κ1) is 14.8. The Bertz CT molecular complexity index is 423. The molecule has 0 fully saturated rings. The molecule has 0 aromatic heterocycles. The SMILES string of the molecule is CC(C)C(C)NC(=O)CSc1cc(F)ccc1N. The molecule has 18 heavy (non-hydrogen) atoms. The number of thioether (sulfide) groups is 1. The van der Waals surface area contributed by atoms with Crippen molar-refractivity contribution in [2.24, 2.45) is 5.92 Å². The standard InChI is InChI=1S/C13H19FN2OS/c1-8(2)9(3)16-13(17)7-18-12-6-10(14)4-5-11(12)15/h4-6,8-9H,7,15H2,1-3H3,(H,16,17). The van der Waals surface area contributed by atoms with Crippen molar-refractivity contribution in [2.45, 2.75) is 31.7 Å². The number of amides is 1. The molecular weight excluding hydrogens is 251 g/mol. The highest BCUT2D eigenvalue weighted by Gasteiger charge is 2.11. The Balaban J connectivity index is 2.50. The van der Waals surface area contributed by atoms with Crippen LogP contribution in [0.15, 0.2) is 23.1 Å². The topological polar surface area (TPSA) is 55.1 Å². The summed E-state index contributed by atoms with van der Waals surface area (Å²) in [6.07, 6.45) is 0. The molecule has 0 spiro atoms. The van der Waals surface area contributed by atoms with Crippen molar-refractivity contribution in [3.8, 4) is 0 Å². The lowest BCUT2D eigenvalue weighted by Crippen LogP contribution is -2.37. The van der Waals surface area contributed by atoms with E-state index in [2.05, 4.69) is 5.32 Å². The van der Waals surface area contributed by atoms with Gasteiger partial charge in [0.2, 0.25) is 5.91 Å². The van der Waals surface area contributed by atoms with E-state index in [9.17, 15) is 9.18 Å². The van der Waals surface area contributed by atoms with E-state index in [-0.39, 0.29) is 23.5 Å². The van der Waals surface area contributed by atoms with Crippen molar-refractivity contribution in [3.63, 3.8) is 0 Å². The number of rotatable bonds is 5. The first-order valence-corrected chi connectivity index (χ1v) is 6.86. The normalized spacial score (nSPS) is 12.5. The molecule has 0 aliphatic carbocycles. The van der Waals surface area contributed by atoms with Crippen LogP contribution in [0.1, 0.15) is 20.8 Å². The van der Waals surface area contributed by atoms with Gasteiger partial charge in [0.25, 0.3) is 0 Å². The molecule has 0 heterocycles. The molecule has 0 radical (unpaired) electrons. The maximum Gasteiger partial charge on any atom is 0.230 e. The Kier molecular flexibility index (Phi) is 5.47. The van der Waals surface area contributed by atoms with Crippen LogP contribution < -0.4 is 11.1 Å². The Hall–Kier alpha value is -1.23. The van der Waals surface area contributed by atoms with E-state index < -0.39 is 0 Å². The lowest BCUT2D eigenvalue weighted by molar-refractivity contribution is -0.119.